The zero-order chi connectivity index (χ0) is 35.5. The summed E-state index contributed by atoms with van der Waals surface area (Å²) in [4.78, 5) is 27.6. The fraction of sp³-hybridized carbons (Fsp3) is 0.562. The summed E-state index contributed by atoms with van der Waals surface area (Å²) in [5.74, 6) is 0. The van der Waals surface area contributed by atoms with E-state index in [2.05, 4.69) is 4.72 Å². The fourth-order valence-corrected chi connectivity index (χ4v) is 6.61. The van der Waals surface area contributed by atoms with E-state index in [0.29, 0.717) is 13.1 Å². The van der Waals surface area contributed by atoms with Crippen molar-refractivity contribution in [2.24, 2.45) is 5.73 Å². The summed E-state index contributed by atoms with van der Waals surface area (Å²) in [6.45, 7) is 13.1. The molecule has 0 spiro atoms. The third kappa shape index (κ3) is 14.4. The Morgan fingerprint density at radius 1 is 0.766 bits per heavy atom. The van der Waals surface area contributed by atoms with Gasteiger partial charge in [0.05, 0.1) is 9.79 Å². The first-order valence-electron chi connectivity index (χ1n) is 15.5. The van der Waals surface area contributed by atoms with E-state index in [0.717, 1.165) is 32.2 Å². The predicted molar refractivity (Wildman–Crippen MR) is 182 cm³/mol. The van der Waals surface area contributed by atoms with Crippen LogP contribution in [0.2, 0.25) is 0 Å². The van der Waals surface area contributed by atoms with Crippen molar-refractivity contribution in [3.05, 3.63) is 60.7 Å². The summed E-state index contributed by atoms with van der Waals surface area (Å²) in [6.07, 6.45) is 3.01. The second kappa shape index (κ2) is 17.5. The summed E-state index contributed by atoms with van der Waals surface area (Å²) in [5, 5.41) is 0. The van der Waals surface area contributed by atoms with E-state index >= 15 is 0 Å². The van der Waals surface area contributed by atoms with E-state index < -0.39 is 30.3 Å². The molecule has 2 saturated heterocycles. The second-order valence-corrected chi connectivity index (χ2v) is 17.4. The van der Waals surface area contributed by atoms with Crippen LogP contribution in [-0.2, 0) is 28.5 Å². The van der Waals surface area contributed by atoms with Crippen molar-refractivity contribution in [3.8, 4) is 0 Å². The van der Waals surface area contributed by atoms with E-state index in [9.17, 15) is 26.4 Å². The van der Waals surface area contributed by atoms with E-state index in [4.69, 9.17) is 25.9 Å². The zero-order valence-electron chi connectivity index (χ0n) is 28.0. The molecule has 12 nitrogen and oxygen atoms in total. The Kier molecular flexibility index (Phi) is 15.0. The van der Waals surface area contributed by atoms with Crippen molar-refractivity contribution < 1.29 is 35.9 Å². The molecule has 2 fully saturated rings. The summed E-state index contributed by atoms with van der Waals surface area (Å²) >= 11 is 0. The molecule has 2 aliphatic rings. The van der Waals surface area contributed by atoms with Crippen LogP contribution in [0.15, 0.2) is 70.5 Å². The maximum atomic E-state index is 12.2. The number of amides is 2. The van der Waals surface area contributed by atoms with Crippen molar-refractivity contribution in [2.45, 2.75) is 100 Å². The fourth-order valence-electron chi connectivity index (χ4n) is 4.72. The third-order valence-corrected chi connectivity index (χ3v) is 9.68. The van der Waals surface area contributed by atoms with Gasteiger partial charge < -0.3 is 25.0 Å². The minimum atomic E-state index is -3.56. The van der Waals surface area contributed by atoms with Gasteiger partial charge in [0.2, 0.25) is 10.0 Å². The number of sulfonamides is 1. The monoisotopic (exact) mass is 716 g/mol. The van der Waals surface area contributed by atoms with Gasteiger partial charge in [0.1, 0.15) is 11.2 Å². The topological polar surface area (TPSA) is 165 Å². The first kappa shape index (κ1) is 40.3. The van der Waals surface area contributed by atoms with Crippen LogP contribution in [0.4, 0.5) is 9.59 Å². The highest BCUT2D eigenvalue weighted by Gasteiger charge is 2.33. The molecular weight excluding hydrogens is 668 g/mol. The van der Waals surface area contributed by atoms with E-state index in [1.807, 2.05) is 41.5 Å². The number of halogens is 1. The first-order valence-corrected chi connectivity index (χ1v) is 19.3. The van der Waals surface area contributed by atoms with Crippen LogP contribution in [0, 0.1) is 0 Å². The number of likely N-dealkylation sites (tertiary alicyclic amines) is 2. The van der Waals surface area contributed by atoms with Gasteiger partial charge >= 0.3 is 12.2 Å². The summed E-state index contributed by atoms with van der Waals surface area (Å²) in [7, 11) is -2.06. The molecule has 2 aromatic carbocycles. The van der Waals surface area contributed by atoms with Crippen LogP contribution in [0.25, 0.3) is 0 Å². The number of benzene rings is 2. The van der Waals surface area contributed by atoms with Crippen molar-refractivity contribution >= 4 is 41.9 Å². The van der Waals surface area contributed by atoms with Crippen LogP contribution in [0.3, 0.4) is 0 Å². The van der Waals surface area contributed by atoms with E-state index in [-0.39, 0.29) is 40.6 Å². The number of nitrogens with zero attached hydrogens (tertiary/aromatic N) is 2. The minimum absolute atomic E-state index is 0.136. The second-order valence-electron chi connectivity index (χ2n) is 13.1. The average Bonchev–Trinajstić information content (AvgIpc) is 3.66. The molecule has 2 amide bonds. The number of hydrogen-bond acceptors (Lipinski definition) is 9. The van der Waals surface area contributed by atoms with Gasteiger partial charge in [0.25, 0.3) is 9.05 Å². The molecule has 15 heteroatoms. The number of nitrogens with two attached hydrogens (primary N) is 1. The van der Waals surface area contributed by atoms with Crippen molar-refractivity contribution in [1.82, 2.24) is 14.5 Å². The van der Waals surface area contributed by atoms with Gasteiger partial charge in [-0.1, -0.05) is 36.4 Å². The van der Waals surface area contributed by atoms with Gasteiger partial charge in [0.15, 0.2) is 0 Å². The normalized spacial score (nSPS) is 18.4. The summed E-state index contributed by atoms with van der Waals surface area (Å²) in [5.41, 5.74) is 4.60. The molecular formula is C32H49ClN4O8S2. The molecule has 2 heterocycles. The molecule has 0 aromatic heterocycles. The van der Waals surface area contributed by atoms with Gasteiger partial charge in [0, 0.05) is 48.9 Å². The third-order valence-electron chi connectivity index (χ3n) is 6.87. The Balaban J connectivity index is 0.000000271. The number of carbonyl (C=O) groups is 2. The minimum Gasteiger partial charge on any atom is -0.444 e. The van der Waals surface area contributed by atoms with Crippen LogP contribution >= 0.6 is 10.7 Å². The summed E-state index contributed by atoms with van der Waals surface area (Å²) in [6, 6.07) is 16.1. The molecule has 3 N–H and O–H groups in total. The van der Waals surface area contributed by atoms with Gasteiger partial charge in [-0.05, 0) is 91.5 Å². The largest absolute Gasteiger partial charge is 0.444 e. The summed E-state index contributed by atoms with van der Waals surface area (Å²) < 4.78 is 58.9. The smallest absolute Gasteiger partial charge is 0.410 e. The predicted octanol–water partition coefficient (Wildman–Crippen LogP) is 5.32. The van der Waals surface area contributed by atoms with Crippen LogP contribution < -0.4 is 10.5 Å². The quantitative estimate of drug-likeness (QED) is 0.376. The lowest BCUT2D eigenvalue weighted by Gasteiger charge is -2.28. The van der Waals surface area contributed by atoms with Crippen molar-refractivity contribution in [3.63, 3.8) is 0 Å². The Morgan fingerprint density at radius 2 is 1.17 bits per heavy atom. The number of ether oxygens (including phenoxy) is 2. The Morgan fingerprint density at radius 3 is 1.55 bits per heavy atom. The van der Waals surface area contributed by atoms with E-state index in [1.54, 1.807) is 58.3 Å². The highest BCUT2D eigenvalue weighted by Crippen LogP contribution is 2.22. The van der Waals surface area contributed by atoms with Crippen molar-refractivity contribution in [1.29, 1.82) is 0 Å². The van der Waals surface area contributed by atoms with Crippen molar-refractivity contribution in [2.75, 3.05) is 26.2 Å². The number of nitrogens with one attached hydrogen (secondary N) is 1. The lowest BCUT2D eigenvalue weighted by atomic mass is 10.2. The number of rotatable bonds is 6. The molecule has 0 saturated carbocycles. The molecule has 0 aliphatic carbocycles. The maximum absolute atomic E-state index is 12.2. The molecule has 264 valence electrons. The molecule has 2 aliphatic heterocycles. The molecule has 4 rings (SSSR count). The zero-order valence-corrected chi connectivity index (χ0v) is 30.4. The lowest BCUT2D eigenvalue weighted by Crippen LogP contribution is -2.45. The van der Waals surface area contributed by atoms with Crippen LogP contribution in [0.1, 0.15) is 67.2 Å². The van der Waals surface area contributed by atoms with Crippen LogP contribution in [-0.4, -0.2) is 88.3 Å². The molecule has 2 atom stereocenters. The number of carbonyl (C=O) groups excluding carboxylic acids is 2. The maximum Gasteiger partial charge on any atom is 0.410 e. The number of hydrogen-bond donors (Lipinski definition) is 2. The highest BCUT2D eigenvalue weighted by molar-refractivity contribution is 8.13. The van der Waals surface area contributed by atoms with Gasteiger partial charge in [-0.15, -0.1) is 0 Å². The standard InChI is InChI=1S/C16H24N2O4S.C10H20N2O2.C6H5ClO2S/c1-16(2,3)22-15(19)18-11-7-8-13(18)12-17-23(20,21)14-9-5-4-6-10-14;1-10(2,3)14-9(13)12-6-4-5-8(12)7-11;7-10(8,9)6-4-2-1-3-5-6/h4-6,9-10,13,17H,7-8,11-12H2,1-3H3;8H,4-7,11H2,1-3H3;1-5H/t13-;8-;/m00./s1. The molecule has 0 radical (unpaired) electrons. The molecule has 0 unspecified atom stereocenters. The van der Waals surface area contributed by atoms with Gasteiger partial charge in [-0.2, -0.15) is 0 Å². The van der Waals surface area contributed by atoms with Gasteiger partial charge in [-0.25, -0.2) is 31.1 Å². The first-order chi connectivity index (χ1) is 21.7. The Bertz CT molecular complexity index is 1500. The van der Waals surface area contributed by atoms with E-state index in [1.165, 1.54) is 12.1 Å². The molecule has 47 heavy (non-hydrogen) atoms. The molecule has 0 bridgehead atoms. The Labute approximate surface area is 284 Å². The van der Waals surface area contributed by atoms with Gasteiger partial charge in [-0.3, -0.25) is 0 Å². The SMILES string of the molecule is CC(C)(C)OC(=O)N1CCC[C@H]1CN.CC(C)(C)OC(=O)N1CCC[C@H]1CNS(=O)(=O)c1ccccc1.O=S(=O)(Cl)c1ccccc1. The Hall–Kier alpha value is -2.91. The average molecular weight is 717 g/mol. The molecule has 2 aromatic rings. The lowest BCUT2D eigenvalue weighted by molar-refractivity contribution is 0.0220. The van der Waals surface area contributed by atoms with Crippen LogP contribution in [0.5, 0.6) is 0 Å². The highest BCUT2D eigenvalue weighted by atomic mass is 35.7.